The summed E-state index contributed by atoms with van der Waals surface area (Å²) in [5.41, 5.74) is -0.768. The molecular weight excluding hydrogens is 389 g/mol. The molecular formula is C16H14BrF3N2O2. The lowest BCUT2D eigenvalue weighted by atomic mass is 10.2. The SMILES string of the molecule is CCN(C(=O)COc1ccc(C(F)(F)F)cc1)c1ccc(Br)cn1. The summed E-state index contributed by atoms with van der Waals surface area (Å²) in [6.45, 7) is 1.89. The van der Waals surface area contributed by atoms with E-state index in [0.717, 1.165) is 16.6 Å². The normalized spacial score (nSPS) is 11.2. The molecule has 0 unspecified atom stereocenters. The molecule has 0 saturated carbocycles. The van der Waals surface area contributed by atoms with Crippen molar-refractivity contribution >= 4 is 27.7 Å². The van der Waals surface area contributed by atoms with Gasteiger partial charge in [0.05, 0.1) is 5.56 Å². The van der Waals surface area contributed by atoms with E-state index < -0.39 is 11.7 Å². The molecule has 128 valence electrons. The molecule has 8 heteroatoms. The molecule has 2 aromatic rings. The number of hydrogen-bond acceptors (Lipinski definition) is 3. The average Bonchev–Trinajstić information content (AvgIpc) is 2.55. The molecule has 4 nitrogen and oxygen atoms in total. The van der Waals surface area contributed by atoms with E-state index in [4.69, 9.17) is 4.74 Å². The summed E-state index contributed by atoms with van der Waals surface area (Å²) in [6.07, 6.45) is -2.83. The number of hydrogen-bond donors (Lipinski definition) is 0. The van der Waals surface area contributed by atoms with E-state index in [9.17, 15) is 18.0 Å². The first kappa shape index (κ1) is 18.3. The quantitative estimate of drug-likeness (QED) is 0.748. The van der Waals surface area contributed by atoms with Crippen molar-refractivity contribution in [2.45, 2.75) is 13.1 Å². The van der Waals surface area contributed by atoms with Gasteiger partial charge in [-0.3, -0.25) is 9.69 Å². The largest absolute Gasteiger partial charge is 0.484 e. The fourth-order valence-corrected chi connectivity index (χ4v) is 2.19. The summed E-state index contributed by atoms with van der Waals surface area (Å²) in [5, 5.41) is 0. The number of aromatic nitrogens is 1. The van der Waals surface area contributed by atoms with Crippen LogP contribution in [-0.4, -0.2) is 24.0 Å². The third kappa shape index (κ3) is 4.70. The Labute approximate surface area is 145 Å². The van der Waals surface area contributed by atoms with Gasteiger partial charge in [0, 0.05) is 17.2 Å². The number of ether oxygens (including phenoxy) is 1. The van der Waals surface area contributed by atoms with Gasteiger partial charge in [0.25, 0.3) is 5.91 Å². The highest BCUT2D eigenvalue weighted by atomic mass is 79.9. The molecule has 1 aromatic carbocycles. The van der Waals surface area contributed by atoms with Gasteiger partial charge in [0.2, 0.25) is 0 Å². The first-order valence-electron chi connectivity index (χ1n) is 7.03. The van der Waals surface area contributed by atoms with Crippen LogP contribution in [-0.2, 0) is 11.0 Å². The van der Waals surface area contributed by atoms with Crippen LogP contribution in [0.15, 0.2) is 47.1 Å². The molecule has 1 amide bonds. The summed E-state index contributed by atoms with van der Waals surface area (Å²) in [6, 6.07) is 7.63. The van der Waals surface area contributed by atoms with Crippen LogP contribution in [0.3, 0.4) is 0 Å². The zero-order valence-corrected chi connectivity index (χ0v) is 14.3. The van der Waals surface area contributed by atoms with Crippen molar-refractivity contribution in [1.82, 2.24) is 4.98 Å². The zero-order chi connectivity index (χ0) is 17.7. The summed E-state index contributed by atoms with van der Waals surface area (Å²) in [5.74, 6) is 0.324. The van der Waals surface area contributed by atoms with E-state index in [1.807, 2.05) is 0 Å². The van der Waals surface area contributed by atoms with Crippen LogP contribution in [0.4, 0.5) is 19.0 Å². The van der Waals surface area contributed by atoms with Crippen LogP contribution in [0, 0.1) is 0 Å². The predicted molar refractivity (Wildman–Crippen MR) is 86.9 cm³/mol. The lowest BCUT2D eigenvalue weighted by molar-refractivity contribution is -0.137. The second-order valence-electron chi connectivity index (χ2n) is 4.78. The summed E-state index contributed by atoms with van der Waals surface area (Å²) < 4.78 is 43.5. The molecule has 24 heavy (non-hydrogen) atoms. The highest BCUT2D eigenvalue weighted by Gasteiger charge is 2.30. The number of nitrogens with zero attached hydrogens (tertiary/aromatic N) is 2. The van der Waals surface area contributed by atoms with Crippen LogP contribution >= 0.6 is 15.9 Å². The highest BCUT2D eigenvalue weighted by Crippen LogP contribution is 2.30. The molecule has 0 fully saturated rings. The fraction of sp³-hybridized carbons (Fsp3) is 0.250. The zero-order valence-electron chi connectivity index (χ0n) is 12.7. The number of carbonyl (C=O) groups excluding carboxylic acids is 1. The van der Waals surface area contributed by atoms with Crippen LogP contribution in [0.2, 0.25) is 0 Å². The lowest BCUT2D eigenvalue weighted by Crippen LogP contribution is -2.35. The number of likely N-dealkylation sites (N-methyl/N-ethyl adjacent to an activating group) is 1. The van der Waals surface area contributed by atoms with Crippen LogP contribution < -0.4 is 9.64 Å². The molecule has 0 spiro atoms. The molecule has 0 radical (unpaired) electrons. The Morgan fingerprint density at radius 3 is 2.38 bits per heavy atom. The number of amides is 1. The van der Waals surface area contributed by atoms with Crippen molar-refractivity contribution < 1.29 is 22.7 Å². The van der Waals surface area contributed by atoms with Crippen molar-refractivity contribution in [3.63, 3.8) is 0 Å². The monoisotopic (exact) mass is 402 g/mol. The third-order valence-electron chi connectivity index (χ3n) is 3.15. The molecule has 0 saturated heterocycles. The maximum Gasteiger partial charge on any atom is 0.416 e. The Bertz CT molecular complexity index is 688. The van der Waals surface area contributed by atoms with Gasteiger partial charge in [-0.1, -0.05) is 0 Å². The van der Waals surface area contributed by atoms with Gasteiger partial charge >= 0.3 is 6.18 Å². The number of halogens is 4. The number of pyridine rings is 1. The van der Waals surface area contributed by atoms with Crippen LogP contribution in [0.1, 0.15) is 12.5 Å². The molecule has 0 aliphatic heterocycles. The maximum absolute atomic E-state index is 12.5. The van der Waals surface area contributed by atoms with Gasteiger partial charge in [-0.2, -0.15) is 13.2 Å². The van der Waals surface area contributed by atoms with E-state index in [0.29, 0.717) is 12.4 Å². The minimum Gasteiger partial charge on any atom is -0.484 e. The Hall–Kier alpha value is -2.09. The van der Waals surface area contributed by atoms with Crippen molar-refractivity contribution in [3.8, 4) is 5.75 Å². The second kappa shape index (κ2) is 7.65. The Morgan fingerprint density at radius 2 is 1.88 bits per heavy atom. The van der Waals surface area contributed by atoms with Gasteiger partial charge in [-0.05, 0) is 59.3 Å². The minimum absolute atomic E-state index is 0.191. The van der Waals surface area contributed by atoms with E-state index in [-0.39, 0.29) is 18.3 Å². The van der Waals surface area contributed by atoms with Gasteiger partial charge in [-0.15, -0.1) is 0 Å². The van der Waals surface area contributed by atoms with Crippen LogP contribution in [0.5, 0.6) is 5.75 Å². The molecule has 0 atom stereocenters. The number of rotatable bonds is 5. The van der Waals surface area contributed by atoms with Gasteiger partial charge in [-0.25, -0.2) is 4.98 Å². The van der Waals surface area contributed by atoms with Crippen molar-refractivity contribution in [1.29, 1.82) is 0 Å². The summed E-state index contributed by atoms with van der Waals surface area (Å²) >= 11 is 3.26. The number of benzene rings is 1. The van der Waals surface area contributed by atoms with Gasteiger partial charge < -0.3 is 4.74 Å². The first-order valence-corrected chi connectivity index (χ1v) is 7.82. The summed E-state index contributed by atoms with van der Waals surface area (Å²) in [7, 11) is 0. The number of anilines is 1. The maximum atomic E-state index is 12.5. The van der Waals surface area contributed by atoms with Crippen molar-refractivity contribution in [3.05, 3.63) is 52.6 Å². The van der Waals surface area contributed by atoms with E-state index in [2.05, 4.69) is 20.9 Å². The standard InChI is InChI=1S/C16H14BrF3N2O2/c1-2-22(14-8-5-12(17)9-21-14)15(23)10-24-13-6-3-11(4-7-13)16(18,19)20/h3-9H,2,10H2,1H3. The molecule has 1 aromatic heterocycles. The number of carbonyl (C=O) groups is 1. The lowest BCUT2D eigenvalue weighted by Gasteiger charge is -2.20. The summed E-state index contributed by atoms with van der Waals surface area (Å²) in [4.78, 5) is 17.8. The molecule has 2 rings (SSSR count). The van der Waals surface area contributed by atoms with E-state index in [1.165, 1.54) is 17.0 Å². The van der Waals surface area contributed by atoms with Gasteiger partial charge in [0.15, 0.2) is 6.61 Å². The molecule has 0 aliphatic rings. The van der Waals surface area contributed by atoms with E-state index in [1.54, 1.807) is 25.3 Å². The van der Waals surface area contributed by atoms with Crippen molar-refractivity contribution in [2.75, 3.05) is 18.1 Å². The van der Waals surface area contributed by atoms with Crippen molar-refractivity contribution in [2.24, 2.45) is 0 Å². The molecule has 0 bridgehead atoms. The molecule has 1 heterocycles. The topological polar surface area (TPSA) is 42.4 Å². The molecule has 0 N–H and O–H groups in total. The second-order valence-corrected chi connectivity index (χ2v) is 5.70. The average molecular weight is 403 g/mol. The smallest absolute Gasteiger partial charge is 0.416 e. The predicted octanol–water partition coefficient (Wildman–Crippen LogP) is 4.29. The number of alkyl halides is 3. The Balaban J connectivity index is 1.99. The Morgan fingerprint density at radius 1 is 1.21 bits per heavy atom. The van der Waals surface area contributed by atoms with Crippen LogP contribution in [0.25, 0.3) is 0 Å². The van der Waals surface area contributed by atoms with E-state index >= 15 is 0 Å². The minimum atomic E-state index is -4.40. The third-order valence-corrected chi connectivity index (χ3v) is 3.62. The first-order chi connectivity index (χ1) is 11.3. The Kier molecular flexibility index (Phi) is 5.82. The van der Waals surface area contributed by atoms with Gasteiger partial charge in [0.1, 0.15) is 11.6 Å². The molecule has 0 aliphatic carbocycles. The highest BCUT2D eigenvalue weighted by molar-refractivity contribution is 9.10. The fourth-order valence-electron chi connectivity index (χ4n) is 1.96.